The van der Waals surface area contributed by atoms with E-state index in [0.717, 1.165) is 29.7 Å². The number of carbonyl (C=O) groups excluding carboxylic acids is 2. The lowest BCUT2D eigenvalue weighted by Gasteiger charge is -2.15. The largest absolute Gasteiger partial charge is 0.452 e. The SMILES string of the molecule is Cc1ccc(-c2csc(NC(=O)COC(=O)c3ccc(S(=O)(=O)N4CCCC4)cc3)n2)cc1. The van der Waals surface area contributed by atoms with Crippen LogP contribution in [0.25, 0.3) is 11.3 Å². The molecule has 1 saturated heterocycles. The maximum atomic E-state index is 12.6. The Morgan fingerprint density at radius 2 is 1.73 bits per heavy atom. The summed E-state index contributed by atoms with van der Waals surface area (Å²) in [7, 11) is -3.55. The van der Waals surface area contributed by atoms with Crippen LogP contribution in [-0.2, 0) is 19.6 Å². The van der Waals surface area contributed by atoms with Crippen molar-refractivity contribution >= 4 is 38.4 Å². The molecular formula is C23H23N3O5S2. The lowest BCUT2D eigenvalue weighted by molar-refractivity contribution is -0.119. The van der Waals surface area contributed by atoms with Gasteiger partial charge in [-0.25, -0.2) is 18.2 Å². The Bertz CT molecular complexity index is 1250. The molecule has 10 heteroatoms. The van der Waals surface area contributed by atoms with Gasteiger partial charge in [0.05, 0.1) is 16.2 Å². The molecule has 0 spiro atoms. The second-order valence-corrected chi connectivity index (χ2v) is 10.5. The third-order valence-electron chi connectivity index (χ3n) is 5.23. The summed E-state index contributed by atoms with van der Waals surface area (Å²) in [5.41, 5.74) is 3.00. The number of thiazole rings is 1. The maximum absolute atomic E-state index is 12.6. The third kappa shape index (κ3) is 5.47. The van der Waals surface area contributed by atoms with E-state index < -0.39 is 28.5 Å². The van der Waals surface area contributed by atoms with Crippen molar-refractivity contribution in [2.24, 2.45) is 0 Å². The minimum absolute atomic E-state index is 0.131. The Balaban J connectivity index is 1.30. The highest BCUT2D eigenvalue weighted by Crippen LogP contribution is 2.25. The van der Waals surface area contributed by atoms with Gasteiger partial charge in [-0.05, 0) is 44.0 Å². The number of sulfonamides is 1. The zero-order valence-corrected chi connectivity index (χ0v) is 19.6. The Labute approximate surface area is 196 Å². The number of aromatic nitrogens is 1. The highest BCUT2D eigenvalue weighted by Gasteiger charge is 2.27. The molecule has 0 atom stereocenters. The summed E-state index contributed by atoms with van der Waals surface area (Å²) in [6, 6.07) is 13.4. The minimum atomic E-state index is -3.55. The number of carbonyl (C=O) groups is 2. The zero-order valence-electron chi connectivity index (χ0n) is 18.0. The molecule has 3 aromatic rings. The average Bonchev–Trinajstić information content (AvgIpc) is 3.51. The second kappa shape index (κ2) is 9.82. The summed E-state index contributed by atoms with van der Waals surface area (Å²) in [5.74, 6) is -1.23. The zero-order chi connectivity index (χ0) is 23.4. The molecule has 2 heterocycles. The number of aryl methyl sites for hydroxylation is 1. The predicted molar refractivity (Wildman–Crippen MR) is 126 cm³/mol. The Hall–Kier alpha value is -3.08. The number of hydrogen-bond donors (Lipinski definition) is 1. The molecule has 0 unspecified atom stereocenters. The normalized spacial score (nSPS) is 14.2. The molecule has 0 bridgehead atoms. The van der Waals surface area contributed by atoms with Gasteiger partial charge in [-0.15, -0.1) is 11.3 Å². The Morgan fingerprint density at radius 3 is 2.39 bits per heavy atom. The summed E-state index contributed by atoms with van der Waals surface area (Å²) in [6.45, 7) is 2.54. The van der Waals surface area contributed by atoms with E-state index in [1.807, 2.05) is 36.6 Å². The second-order valence-electron chi connectivity index (χ2n) is 7.66. The van der Waals surface area contributed by atoms with E-state index in [1.165, 1.54) is 39.9 Å². The number of amides is 1. The number of ether oxygens (including phenoxy) is 1. The van der Waals surface area contributed by atoms with E-state index in [-0.39, 0.29) is 10.5 Å². The molecule has 33 heavy (non-hydrogen) atoms. The number of nitrogens with one attached hydrogen (secondary N) is 1. The number of anilines is 1. The van der Waals surface area contributed by atoms with Crippen LogP contribution in [0.2, 0.25) is 0 Å². The predicted octanol–water partition coefficient (Wildman–Crippen LogP) is 3.70. The van der Waals surface area contributed by atoms with Crippen LogP contribution in [-0.4, -0.2) is 49.3 Å². The summed E-state index contributed by atoms with van der Waals surface area (Å²) in [4.78, 5) is 28.9. The quantitative estimate of drug-likeness (QED) is 0.512. The van der Waals surface area contributed by atoms with Crippen molar-refractivity contribution in [2.75, 3.05) is 25.0 Å². The molecule has 1 amide bonds. The summed E-state index contributed by atoms with van der Waals surface area (Å²) in [5, 5.41) is 4.86. The van der Waals surface area contributed by atoms with E-state index in [1.54, 1.807) is 0 Å². The highest BCUT2D eigenvalue weighted by molar-refractivity contribution is 7.89. The first-order valence-corrected chi connectivity index (χ1v) is 12.7. The lowest BCUT2D eigenvalue weighted by Crippen LogP contribution is -2.27. The standard InChI is InChI=1S/C23H23N3O5S2/c1-16-4-6-17(7-5-16)20-15-32-23(24-20)25-21(27)14-31-22(28)18-8-10-19(11-9-18)33(29,30)26-12-2-3-13-26/h4-11,15H,2-3,12-14H2,1H3,(H,24,25,27). The molecule has 1 fully saturated rings. The summed E-state index contributed by atoms with van der Waals surface area (Å²) >= 11 is 1.28. The number of esters is 1. The fourth-order valence-electron chi connectivity index (χ4n) is 3.40. The fourth-order valence-corrected chi connectivity index (χ4v) is 5.65. The van der Waals surface area contributed by atoms with Crippen molar-refractivity contribution in [2.45, 2.75) is 24.7 Å². The Morgan fingerprint density at radius 1 is 1.06 bits per heavy atom. The molecular weight excluding hydrogens is 462 g/mol. The Kier molecular flexibility index (Phi) is 6.87. The van der Waals surface area contributed by atoms with Gasteiger partial charge < -0.3 is 4.74 Å². The van der Waals surface area contributed by atoms with Crippen molar-refractivity contribution < 1.29 is 22.7 Å². The van der Waals surface area contributed by atoms with Gasteiger partial charge in [0.25, 0.3) is 5.91 Å². The lowest BCUT2D eigenvalue weighted by atomic mass is 10.1. The number of rotatable bonds is 7. The molecule has 4 rings (SSSR count). The topological polar surface area (TPSA) is 106 Å². The number of benzene rings is 2. The van der Waals surface area contributed by atoms with Gasteiger partial charge in [0.1, 0.15) is 0 Å². The minimum Gasteiger partial charge on any atom is -0.452 e. The van der Waals surface area contributed by atoms with Crippen molar-refractivity contribution in [3.05, 3.63) is 65.0 Å². The van der Waals surface area contributed by atoms with Crippen LogP contribution in [0.5, 0.6) is 0 Å². The van der Waals surface area contributed by atoms with Gasteiger partial charge in [-0.3, -0.25) is 10.1 Å². The first-order chi connectivity index (χ1) is 15.8. The number of hydrogen-bond acceptors (Lipinski definition) is 7. The molecule has 1 aliphatic heterocycles. The van der Waals surface area contributed by atoms with Crippen LogP contribution in [0.4, 0.5) is 5.13 Å². The number of nitrogens with zero attached hydrogens (tertiary/aromatic N) is 2. The van der Waals surface area contributed by atoms with E-state index in [4.69, 9.17) is 4.74 Å². The highest BCUT2D eigenvalue weighted by atomic mass is 32.2. The summed E-state index contributed by atoms with van der Waals surface area (Å²) in [6.07, 6.45) is 1.69. The van der Waals surface area contributed by atoms with Crippen molar-refractivity contribution in [3.8, 4) is 11.3 Å². The van der Waals surface area contributed by atoms with E-state index in [2.05, 4.69) is 10.3 Å². The maximum Gasteiger partial charge on any atom is 0.338 e. The van der Waals surface area contributed by atoms with Gasteiger partial charge in [0.15, 0.2) is 11.7 Å². The average molecular weight is 486 g/mol. The summed E-state index contributed by atoms with van der Waals surface area (Å²) < 4.78 is 31.6. The fraction of sp³-hybridized carbons (Fsp3) is 0.261. The third-order valence-corrected chi connectivity index (χ3v) is 7.90. The van der Waals surface area contributed by atoms with Crippen LogP contribution in [0, 0.1) is 6.92 Å². The van der Waals surface area contributed by atoms with Crippen molar-refractivity contribution in [3.63, 3.8) is 0 Å². The molecule has 0 aliphatic carbocycles. The van der Waals surface area contributed by atoms with Crippen LogP contribution < -0.4 is 5.32 Å². The van der Waals surface area contributed by atoms with Gasteiger partial charge in [0.2, 0.25) is 10.0 Å². The van der Waals surface area contributed by atoms with E-state index >= 15 is 0 Å². The molecule has 172 valence electrons. The first-order valence-electron chi connectivity index (χ1n) is 10.4. The van der Waals surface area contributed by atoms with E-state index in [9.17, 15) is 18.0 Å². The van der Waals surface area contributed by atoms with Crippen LogP contribution in [0.3, 0.4) is 0 Å². The molecule has 0 radical (unpaired) electrons. The smallest absolute Gasteiger partial charge is 0.338 e. The van der Waals surface area contributed by atoms with Gasteiger partial charge in [-0.2, -0.15) is 4.31 Å². The molecule has 1 aliphatic rings. The van der Waals surface area contributed by atoms with Gasteiger partial charge >= 0.3 is 5.97 Å². The molecule has 8 nitrogen and oxygen atoms in total. The van der Waals surface area contributed by atoms with Crippen LogP contribution in [0.1, 0.15) is 28.8 Å². The van der Waals surface area contributed by atoms with E-state index in [0.29, 0.717) is 18.2 Å². The first kappa shape index (κ1) is 23.1. The van der Waals surface area contributed by atoms with Crippen LogP contribution in [0.15, 0.2) is 58.8 Å². The van der Waals surface area contributed by atoms with Crippen molar-refractivity contribution in [1.82, 2.24) is 9.29 Å². The van der Waals surface area contributed by atoms with Gasteiger partial charge in [0, 0.05) is 24.0 Å². The molecule has 2 aromatic carbocycles. The monoisotopic (exact) mass is 485 g/mol. The molecule has 0 saturated carbocycles. The molecule has 1 N–H and O–H groups in total. The molecule has 1 aromatic heterocycles. The van der Waals surface area contributed by atoms with Crippen molar-refractivity contribution in [1.29, 1.82) is 0 Å². The van der Waals surface area contributed by atoms with Gasteiger partial charge in [-0.1, -0.05) is 29.8 Å². The van der Waals surface area contributed by atoms with Crippen LogP contribution >= 0.6 is 11.3 Å².